The number of phenols is 1. The normalized spacial score (nSPS) is 11.4. The molecule has 0 aliphatic rings. The SMILES string of the molecule is CC/C(=C\c1ccc(O)cc1)[N+](=O)[O-]. The zero-order chi connectivity index (χ0) is 10.6. The van der Waals surface area contributed by atoms with E-state index in [1.807, 2.05) is 0 Å². The van der Waals surface area contributed by atoms with Crippen molar-refractivity contribution in [3.63, 3.8) is 0 Å². The quantitative estimate of drug-likeness (QED) is 0.592. The zero-order valence-electron chi connectivity index (χ0n) is 7.80. The third kappa shape index (κ3) is 2.58. The Bertz CT molecular complexity index is 354. The van der Waals surface area contributed by atoms with Gasteiger partial charge in [0.1, 0.15) is 5.75 Å². The summed E-state index contributed by atoms with van der Waals surface area (Å²) in [5.74, 6) is 0.154. The minimum Gasteiger partial charge on any atom is -0.508 e. The largest absolute Gasteiger partial charge is 0.508 e. The molecule has 1 rings (SSSR count). The molecule has 0 bridgehead atoms. The number of hydrogen-bond donors (Lipinski definition) is 1. The first kappa shape index (κ1) is 10.2. The van der Waals surface area contributed by atoms with E-state index in [9.17, 15) is 10.1 Å². The van der Waals surface area contributed by atoms with E-state index in [4.69, 9.17) is 5.11 Å². The van der Waals surface area contributed by atoms with Crippen molar-refractivity contribution in [2.24, 2.45) is 0 Å². The summed E-state index contributed by atoms with van der Waals surface area (Å²) in [4.78, 5) is 10.1. The average molecular weight is 193 g/mol. The van der Waals surface area contributed by atoms with Crippen LogP contribution in [0.25, 0.3) is 6.08 Å². The van der Waals surface area contributed by atoms with Gasteiger partial charge in [0.05, 0.1) is 4.92 Å². The highest BCUT2D eigenvalue weighted by atomic mass is 16.6. The van der Waals surface area contributed by atoms with Gasteiger partial charge in [-0.2, -0.15) is 0 Å². The highest BCUT2D eigenvalue weighted by Gasteiger charge is 2.06. The van der Waals surface area contributed by atoms with Crippen LogP contribution in [0.15, 0.2) is 30.0 Å². The van der Waals surface area contributed by atoms with Crippen LogP contribution in [-0.2, 0) is 0 Å². The summed E-state index contributed by atoms with van der Waals surface area (Å²) in [7, 11) is 0. The first-order chi connectivity index (χ1) is 6.63. The summed E-state index contributed by atoms with van der Waals surface area (Å²) >= 11 is 0. The molecule has 0 saturated heterocycles. The van der Waals surface area contributed by atoms with Crippen LogP contribution in [0.3, 0.4) is 0 Å². The summed E-state index contributed by atoms with van der Waals surface area (Å²) in [6, 6.07) is 6.26. The second-order valence-corrected chi connectivity index (χ2v) is 2.84. The molecule has 1 N–H and O–H groups in total. The van der Waals surface area contributed by atoms with Gasteiger partial charge in [0, 0.05) is 12.5 Å². The fraction of sp³-hybridized carbons (Fsp3) is 0.200. The minimum atomic E-state index is -0.396. The van der Waals surface area contributed by atoms with Crippen molar-refractivity contribution in [1.29, 1.82) is 0 Å². The summed E-state index contributed by atoms with van der Waals surface area (Å²) in [5.41, 5.74) is 0.882. The van der Waals surface area contributed by atoms with Gasteiger partial charge in [-0.1, -0.05) is 19.1 Å². The molecule has 0 aliphatic heterocycles. The van der Waals surface area contributed by atoms with Gasteiger partial charge in [-0.05, 0) is 17.7 Å². The Labute approximate surface area is 81.6 Å². The first-order valence-electron chi connectivity index (χ1n) is 4.27. The molecule has 0 atom stereocenters. The second-order valence-electron chi connectivity index (χ2n) is 2.84. The highest BCUT2D eigenvalue weighted by Crippen LogP contribution is 2.14. The molecule has 4 heteroatoms. The van der Waals surface area contributed by atoms with Crippen molar-refractivity contribution < 1.29 is 10.0 Å². The maximum Gasteiger partial charge on any atom is 0.246 e. The Morgan fingerprint density at radius 3 is 2.50 bits per heavy atom. The lowest BCUT2D eigenvalue weighted by molar-refractivity contribution is -0.425. The Morgan fingerprint density at radius 1 is 1.50 bits per heavy atom. The summed E-state index contributed by atoms with van der Waals surface area (Å²) < 4.78 is 0. The van der Waals surface area contributed by atoms with Gasteiger partial charge >= 0.3 is 0 Å². The van der Waals surface area contributed by atoms with Crippen LogP contribution in [-0.4, -0.2) is 10.0 Å². The lowest BCUT2D eigenvalue weighted by Gasteiger charge is -1.95. The average Bonchev–Trinajstić information content (AvgIpc) is 2.16. The fourth-order valence-corrected chi connectivity index (χ4v) is 1.05. The van der Waals surface area contributed by atoms with Crippen LogP contribution >= 0.6 is 0 Å². The highest BCUT2D eigenvalue weighted by molar-refractivity contribution is 5.51. The molecule has 1 aromatic rings. The maximum absolute atomic E-state index is 10.5. The van der Waals surface area contributed by atoms with Crippen LogP contribution in [0, 0.1) is 10.1 Å². The Hall–Kier alpha value is -1.84. The Balaban J connectivity index is 2.95. The standard InChI is InChI=1S/C10H11NO3/c1-2-9(11(13)14)7-8-3-5-10(12)6-4-8/h3-7,12H,2H2,1H3/b9-7+. The van der Waals surface area contributed by atoms with E-state index in [0.29, 0.717) is 6.42 Å². The van der Waals surface area contributed by atoms with Gasteiger partial charge in [-0.25, -0.2) is 0 Å². The molecular formula is C10H11NO3. The van der Waals surface area contributed by atoms with Gasteiger partial charge < -0.3 is 5.11 Å². The van der Waals surface area contributed by atoms with Crippen molar-refractivity contribution >= 4 is 6.08 Å². The van der Waals surface area contributed by atoms with E-state index >= 15 is 0 Å². The van der Waals surface area contributed by atoms with Gasteiger partial charge in [0.2, 0.25) is 5.70 Å². The van der Waals surface area contributed by atoms with E-state index in [0.717, 1.165) is 5.56 Å². The molecule has 0 amide bonds. The molecule has 0 unspecified atom stereocenters. The predicted molar refractivity (Wildman–Crippen MR) is 53.4 cm³/mol. The molecule has 4 nitrogen and oxygen atoms in total. The Kier molecular flexibility index (Phi) is 3.23. The molecule has 0 spiro atoms. The van der Waals surface area contributed by atoms with Crippen LogP contribution in [0.1, 0.15) is 18.9 Å². The third-order valence-corrected chi connectivity index (χ3v) is 1.82. The van der Waals surface area contributed by atoms with E-state index in [-0.39, 0.29) is 11.4 Å². The third-order valence-electron chi connectivity index (χ3n) is 1.82. The molecule has 0 fully saturated rings. The van der Waals surface area contributed by atoms with Crippen LogP contribution in [0.2, 0.25) is 0 Å². The van der Waals surface area contributed by atoms with Crippen molar-refractivity contribution in [2.75, 3.05) is 0 Å². The first-order valence-corrected chi connectivity index (χ1v) is 4.27. The summed E-state index contributed by atoms with van der Waals surface area (Å²) in [5, 5.41) is 19.5. The second kappa shape index (κ2) is 4.41. The molecular weight excluding hydrogens is 182 g/mol. The lowest BCUT2D eigenvalue weighted by atomic mass is 10.1. The predicted octanol–water partition coefficient (Wildman–Crippen LogP) is 2.42. The molecule has 0 saturated carbocycles. The number of allylic oxidation sites excluding steroid dienone is 1. The molecule has 14 heavy (non-hydrogen) atoms. The van der Waals surface area contributed by atoms with Crippen molar-refractivity contribution in [3.8, 4) is 5.75 Å². The topological polar surface area (TPSA) is 63.4 Å². The van der Waals surface area contributed by atoms with Gasteiger partial charge in [-0.3, -0.25) is 10.1 Å². The van der Waals surface area contributed by atoms with Crippen molar-refractivity contribution in [2.45, 2.75) is 13.3 Å². The van der Waals surface area contributed by atoms with E-state index in [1.165, 1.54) is 18.2 Å². The molecule has 1 aromatic carbocycles. The molecule has 0 radical (unpaired) electrons. The fourth-order valence-electron chi connectivity index (χ4n) is 1.05. The number of nitrogens with zero attached hydrogens (tertiary/aromatic N) is 1. The van der Waals surface area contributed by atoms with E-state index < -0.39 is 4.92 Å². The molecule has 0 heterocycles. The summed E-state index contributed by atoms with van der Waals surface area (Å²) in [6.07, 6.45) is 1.88. The number of nitro groups is 1. The smallest absolute Gasteiger partial charge is 0.246 e. The monoisotopic (exact) mass is 193 g/mol. The lowest BCUT2D eigenvalue weighted by Crippen LogP contribution is -1.96. The van der Waals surface area contributed by atoms with Crippen LogP contribution in [0.5, 0.6) is 5.75 Å². The maximum atomic E-state index is 10.5. The zero-order valence-corrected chi connectivity index (χ0v) is 7.80. The van der Waals surface area contributed by atoms with Crippen LogP contribution in [0.4, 0.5) is 0 Å². The Morgan fingerprint density at radius 2 is 2.07 bits per heavy atom. The van der Waals surface area contributed by atoms with Crippen molar-refractivity contribution in [1.82, 2.24) is 0 Å². The van der Waals surface area contributed by atoms with E-state index in [1.54, 1.807) is 19.1 Å². The van der Waals surface area contributed by atoms with Gasteiger partial charge in [0.25, 0.3) is 0 Å². The van der Waals surface area contributed by atoms with E-state index in [2.05, 4.69) is 0 Å². The van der Waals surface area contributed by atoms with Crippen molar-refractivity contribution in [3.05, 3.63) is 45.6 Å². The van der Waals surface area contributed by atoms with Gasteiger partial charge in [-0.15, -0.1) is 0 Å². The number of aromatic hydroxyl groups is 1. The molecule has 74 valence electrons. The molecule has 0 aromatic heterocycles. The summed E-state index contributed by atoms with van der Waals surface area (Å²) in [6.45, 7) is 1.73. The number of benzene rings is 1. The van der Waals surface area contributed by atoms with Crippen LogP contribution < -0.4 is 0 Å². The number of hydrogen-bond acceptors (Lipinski definition) is 3. The molecule has 0 aliphatic carbocycles. The number of rotatable bonds is 3. The van der Waals surface area contributed by atoms with Gasteiger partial charge in [0.15, 0.2) is 0 Å². The number of phenolic OH excluding ortho intramolecular Hbond substituents is 1. The minimum absolute atomic E-state index is 0.154.